The highest BCUT2D eigenvalue weighted by Crippen LogP contribution is 2.38. The predicted octanol–water partition coefficient (Wildman–Crippen LogP) is 1.31. The van der Waals surface area contributed by atoms with E-state index in [1.165, 1.54) is 6.92 Å². The molecule has 1 amide bonds. The van der Waals surface area contributed by atoms with Gasteiger partial charge in [0.15, 0.2) is 11.9 Å². The summed E-state index contributed by atoms with van der Waals surface area (Å²) in [5, 5.41) is 4.77. The van der Waals surface area contributed by atoms with Crippen molar-refractivity contribution in [3.05, 3.63) is 53.4 Å². The molecule has 0 spiro atoms. The SMILES string of the molecule is C=CCN(c1cc(-n2nc(C)c3c2CC(C)(C)CC3=O)ccc1C(N)=O)C1CCC(OC(=O)CC(C[N+](C)(C)C)OC(C)=O)CC1.[Cl-]. The number of halogens is 1. The van der Waals surface area contributed by atoms with Crippen LogP contribution in [0.2, 0.25) is 0 Å². The van der Waals surface area contributed by atoms with Gasteiger partial charge < -0.3 is 37.0 Å². The Bertz CT molecular complexity index is 1500. The van der Waals surface area contributed by atoms with Crippen LogP contribution in [0.5, 0.6) is 0 Å². The van der Waals surface area contributed by atoms with Gasteiger partial charge in [0.1, 0.15) is 12.6 Å². The van der Waals surface area contributed by atoms with Crippen molar-refractivity contribution < 1.29 is 45.5 Å². The highest BCUT2D eigenvalue weighted by atomic mass is 35.5. The highest BCUT2D eigenvalue weighted by molar-refractivity contribution is 6.00. The number of quaternary nitrogens is 1. The lowest BCUT2D eigenvalue weighted by Gasteiger charge is -2.38. The van der Waals surface area contributed by atoms with E-state index < -0.39 is 18.0 Å². The number of aryl methyl sites for hydroxylation is 1. The summed E-state index contributed by atoms with van der Waals surface area (Å²) < 4.78 is 13.6. The lowest BCUT2D eigenvalue weighted by atomic mass is 9.75. The molecule has 258 valence electrons. The number of fused-ring (bicyclic) bond motifs is 1. The maximum Gasteiger partial charge on any atom is 0.310 e. The molecule has 1 unspecified atom stereocenters. The lowest BCUT2D eigenvalue weighted by molar-refractivity contribution is -0.873. The van der Waals surface area contributed by atoms with Crippen LogP contribution in [0.1, 0.15) is 91.4 Å². The zero-order valence-corrected chi connectivity index (χ0v) is 29.6. The number of ketones is 1. The molecule has 2 aliphatic rings. The number of carbonyl (C=O) groups is 4. The number of anilines is 1. The molecule has 1 fully saturated rings. The minimum atomic E-state index is -0.558. The van der Waals surface area contributed by atoms with Crippen LogP contribution in [0.25, 0.3) is 5.69 Å². The molecule has 0 bridgehead atoms. The topological polar surface area (TPSA) is 134 Å². The van der Waals surface area contributed by atoms with Gasteiger partial charge in [0.05, 0.1) is 61.5 Å². The monoisotopic (exact) mass is 671 g/mol. The third-order valence-electron chi connectivity index (χ3n) is 8.71. The number of nitrogens with zero attached hydrogens (tertiary/aromatic N) is 4. The number of likely N-dealkylation sites (N-methyl/N-ethyl adjacent to an activating group) is 1. The van der Waals surface area contributed by atoms with Crippen LogP contribution in [-0.4, -0.2) is 90.4 Å². The number of carbonyl (C=O) groups excluding carboxylic acids is 4. The normalized spacial score (nSPS) is 19.5. The Morgan fingerprint density at radius 1 is 1.17 bits per heavy atom. The molecule has 2 N–H and O–H groups in total. The van der Waals surface area contributed by atoms with Crippen molar-refractivity contribution in [3.8, 4) is 5.69 Å². The van der Waals surface area contributed by atoms with Crippen molar-refractivity contribution in [1.29, 1.82) is 0 Å². The second-order valence-electron chi connectivity index (χ2n) is 14.6. The summed E-state index contributed by atoms with van der Waals surface area (Å²) in [5.41, 5.74) is 9.77. The smallest absolute Gasteiger partial charge is 0.310 e. The molecule has 1 heterocycles. The van der Waals surface area contributed by atoms with Crippen molar-refractivity contribution >= 4 is 29.3 Å². The fraction of sp³-hybridized carbons (Fsp3) is 0.571. The molecule has 2 aliphatic carbocycles. The van der Waals surface area contributed by atoms with Gasteiger partial charge in [-0.25, -0.2) is 4.68 Å². The quantitative estimate of drug-likeness (QED) is 0.203. The van der Waals surface area contributed by atoms with E-state index in [1.807, 2.05) is 44.9 Å². The number of primary amides is 1. The summed E-state index contributed by atoms with van der Waals surface area (Å²) in [6.45, 7) is 12.3. The van der Waals surface area contributed by atoms with E-state index in [4.69, 9.17) is 20.3 Å². The number of benzene rings is 1. The fourth-order valence-electron chi connectivity index (χ4n) is 6.92. The molecule has 1 saturated carbocycles. The minimum absolute atomic E-state index is 0. The van der Waals surface area contributed by atoms with E-state index in [2.05, 4.69) is 25.3 Å². The van der Waals surface area contributed by atoms with Crippen LogP contribution in [0.15, 0.2) is 30.9 Å². The van der Waals surface area contributed by atoms with Gasteiger partial charge in [-0.2, -0.15) is 5.10 Å². The van der Waals surface area contributed by atoms with E-state index >= 15 is 0 Å². The average molecular weight is 672 g/mol. The number of amides is 1. The van der Waals surface area contributed by atoms with Gasteiger partial charge in [0, 0.05) is 25.9 Å². The lowest BCUT2D eigenvalue weighted by Crippen LogP contribution is -3.00. The molecular weight excluding hydrogens is 622 g/mol. The fourth-order valence-corrected chi connectivity index (χ4v) is 6.92. The number of ether oxygens (including phenoxy) is 2. The molecule has 1 aromatic heterocycles. The number of nitrogens with two attached hydrogens (primary N) is 1. The van der Waals surface area contributed by atoms with Crippen LogP contribution >= 0.6 is 0 Å². The molecule has 0 radical (unpaired) electrons. The van der Waals surface area contributed by atoms with Crippen molar-refractivity contribution in [3.63, 3.8) is 0 Å². The van der Waals surface area contributed by atoms with E-state index in [1.54, 1.807) is 12.1 Å². The Balaban J connectivity index is 0.00000600. The Morgan fingerprint density at radius 3 is 2.40 bits per heavy atom. The molecule has 47 heavy (non-hydrogen) atoms. The van der Waals surface area contributed by atoms with E-state index in [0.29, 0.717) is 65.8 Å². The zero-order chi connectivity index (χ0) is 34.0. The molecule has 12 heteroatoms. The molecule has 4 rings (SSSR count). The summed E-state index contributed by atoms with van der Waals surface area (Å²) in [6, 6.07) is 5.53. The van der Waals surface area contributed by atoms with Gasteiger partial charge in [-0.05, 0) is 62.6 Å². The minimum Gasteiger partial charge on any atom is -1.00 e. The first-order valence-electron chi connectivity index (χ1n) is 16.1. The van der Waals surface area contributed by atoms with Crippen molar-refractivity contribution in [1.82, 2.24) is 9.78 Å². The second kappa shape index (κ2) is 15.0. The Morgan fingerprint density at radius 2 is 1.83 bits per heavy atom. The number of hydrogen-bond acceptors (Lipinski definition) is 8. The third kappa shape index (κ3) is 9.44. The molecular formula is C35H50ClN5O6. The van der Waals surface area contributed by atoms with Gasteiger partial charge >= 0.3 is 11.9 Å². The van der Waals surface area contributed by atoms with Crippen LogP contribution in [0, 0.1) is 12.3 Å². The Labute approximate surface area is 284 Å². The molecule has 0 aliphatic heterocycles. The van der Waals surface area contributed by atoms with Crippen molar-refractivity contribution in [2.45, 2.75) is 90.9 Å². The zero-order valence-electron chi connectivity index (χ0n) is 28.8. The summed E-state index contributed by atoms with van der Waals surface area (Å²) in [7, 11) is 5.93. The van der Waals surface area contributed by atoms with Crippen molar-refractivity contribution in [2.75, 3.05) is 39.1 Å². The van der Waals surface area contributed by atoms with Gasteiger partial charge in [-0.3, -0.25) is 19.2 Å². The number of aromatic nitrogens is 2. The maximum atomic E-state index is 13.0. The first kappa shape index (κ1) is 37.8. The molecule has 1 aromatic carbocycles. The first-order chi connectivity index (χ1) is 21.5. The van der Waals surface area contributed by atoms with Gasteiger partial charge in [-0.1, -0.05) is 19.9 Å². The predicted molar refractivity (Wildman–Crippen MR) is 176 cm³/mol. The number of Topliss-reactive ketones (excluding diaryl/α,β-unsaturated/α-hetero) is 1. The summed E-state index contributed by atoms with van der Waals surface area (Å²) in [4.78, 5) is 52.3. The number of rotatable bonds is 12. The third-order valence-corrected chi connectivity index (χ3v) is 8.71. The highest BCUT2D eigenvalue weighted by Gasteiger charge is 2.36. The molecule has 2 aromatic rings. The van der Waals surface area contributed by atoms with Crippen LogP contribution in [0.3, 0.4) is 0 Å². The Kier molecular flexibility index (Phi) is 12.1. The van der Waals surface area contributed by atoms with Crippen LogP contribution in [-0.2, 0) is 25.5 Å². The molecule has 11 nitrogen and oxygen atoms in total. The average Bonchev–Trinajstić information content (AvgIpc) is 3.25. The van der Waals surface area contributed by atoms with Gasteiger partial charge in [-0.15, -0.1) is 6.58 Å². The first-order valence-corrected chi connectivity index (χ1v) is 16.1. The summed E-state index contributed by atoms with van der Waals surface area (Å²) >= 11 is 0. The van der Waals surface area contributed by atoms with E-state index in [-0.39, 0.29) is 48.1 Å². The summed E-state index contributed by atoms with van der Waals surface area (Å²) in [6.07, 6.45) is 4.91. The number of esters is 2. The molecule has 1 atom stereocenters. The second-order valence-corrected chi connectivity index (χ2v) is 14.6. The van der Waals surface area contributed by atoms with Gasteiger partial charge in [0.2, 0.25) is 0 Å². The summed E-state index contributed by atoms with van der Waals surface area (Å²) in [5.74, 6) is -1.24. The van der Waals surface area contributed by atoms with Crippen molar-refractivity contribution in [2.24, 2.45) is 11.1 Å². The van der Waals surface area contributed by atoms with Gasteiger partial charge in [0.25, 0.3) is 5.91 Å². The van der Waals surface area contributed by atoms with Crippen LogP contribution in [0.4, 0.5) is 5.69 Å². The van der Waals surface area contributed by atoms with Crippen LogP contribution < -0.4 is 23.0 Å². The van der Waals surface area contributed by atoms with E-state index in [9.17, 15) is 19.2 Å². The molecule has 0 saturated heterocycles. The standard InChI is InChI=1S/C35H49N5O6.ClH/c1-9-16-38(24-10-13-26(14-11-24)46-32(43)18-27(45-23(3)41)21-40(6,7)8)29-17-25(12-15-28(29)34(36)44)39-30-19-35(4,5)20-31(42)33(30)22(2)37-39;/h9,12,15,17,24,26-27H,1,10-11,13-14,16,18-21H2,2-8H3,(H-,36,44);1H. The maximum absolute atomic E-state index is 13.0. The van der Waals surface area contributed by atoms with E-state index in [0.717, 1.165) is 24.2 Å². The number of hydrogen-bond donors (Lipinski definition) is 1. The Hall–Kier alpha value is -3.70. The largest absolute Gasteiger partial charge is 1.00 e.